The molecule has 2 atom stereocenters. The third kappa shape index (κ3) is 4.83. The molecule has 2 aromatic carbocycles. The fourth-order valence-electron chi connectivity index (χ4n) is 3.43. The molecule has 2 aliphatic rings. The minimum absolute atomic E-state index is 0.150. The number of amides is 2. The first-order chi connectivity index (χ1) is 14.1. The summed E-state index contributed by atoms with van der Waals surface area (Å²) in [6, 6.07) is 17.2. The molecule has 1 aliphatic heterocycles. The summed E-state index contributed by atoms with van der Waals surface area (Å²) in [4.78, 5) is 30.9. The highest BCUT2D eigenvalue weighted by molar-refractivity contribution is 6.05. The second-order valence-corrected chi connectivity index (χ2v) is 7.68. The zero-order valence-corrected chi connectivity index (χ0v) is 16.4. The molecule has 2 N–H and O–H groups in total. The van der Waals surface area contributed by atoms with Gasteiger partial charge in [0.05, 0.1) is 5.71 Å². The average molecular weight is 391 g/mol. The van der Waals surface area contributed by atoms with E-state index in [1.807, 2.05) is 61.5 Å². The van der Waals surface area contributed by atoms with Gasteiger partial charge in [-0.1, -0.05) is 59.8 Å². The minimum atomic E-state index is -0.725. The van der Waals surface area contributed by atoms with Crippen LogP contribution in [0.25, 0.3) is 0 Å². The quantitative estimate of drug-likeness (QED) is 0.761. The van der Waals surface area contributed by atoms with Crippen molar-refractivity contribution in [2.45, 2.75) is 50.8 Å². The van der Waals surface area contributed by atoms with Crippen molar-refractivity contribution in [3.8, 4) is 0 Å². The van der Waals surface area contributed by atoms with Crippen molar-refractivity contribution in [1.29, 1.82) is 0 Å². The van der Waals surface area contributed by atoms with E-state index in [4.69, 9.17) is 4.84 Å². The molecule has 1 heterocycles. The Morgan fingerprint density at radius 3 is 2.55 bits per heavy atom. The molecule has 4 rings (SSSR count). The van der Waals surface area contributed by atoms with E-state index in [2.05, 4.69) is 15.8 Å². The van der Waals surface area contributed by atoms with Gasteiger partial charge < -0.3 is 15.5 Å². The third-order valence-corrected chi connectivity index (χ3v) is 5.26. The van der Waals surface area contributed by atoms with Gasteiger partial charge in [0.25, 0.3) is 5.91 Å². The first-order valence-electron chi connectivity index (χ1n) is 10.0. The highest BCUT2D eigenvalue weighted by Crippen LogP contribution is 2.21. The number of aryl methyl sites for hydroxylation is 1. The molecule has 2 aromatic rings. The molecule has 6 nitrogen and oxygen atoms in total. The van der Waals surface area contributed by atoms with Crippen molar-refractivity contribution in [2.24, 2.45) is 5.16 Å². The number of nitrogens with zero attached hydrogens (tertiary/aromatic N) is 1. The molecule has 150 valence electrons. The lowest BCUT2D eigenvalue weighted by atomic mass is 9.99. The van der Waals surface area contributed by atoms with E-state index in [1.54, 1.807) is 0 Å². The predicted octanol–water partition coefficient (Wildman–Crippen LogP) is 2.49. The summed E-state index contributed by atoms with van der Waals surface area (Å²) >= 11 is 0. The molecule has 2 amide bonds. The number of benzene rings is 2. The van der Waals surface area contributed by atoms with Crippen molar-refractivity contribution >= 4 is 17.5 Å². The summed E-state index contributed by atoms with van der Waals surface area (Å²) in [5.74, 6) is -0.466. The lowest BCUT2D eigenvalue weighted by Crippen LogP contribution is -2.51. The molecular formula is C23H25N3O3. The molecule has 6 heteroatoms. The Kier molecular flexibility index (Phi) is 5.60. The first kappa shape index (κ1) is 19.2. The SMILES string of the molecule is Cc1ccccc1C1=NO[C@@H](C(=O)N[C@@H](Cc2ccccc2)C(=O)NC2CC2)C1. The Hall–Kier alpha value is -3.15. The van der Waals surface area contributed by atoms with Crippen molar-refractivity contribution in [3.05, 3.63) is 71.3 Å². The summed E-state index contributed by atoms with van der Waals surface area (Å²) in [5.41, 5.74) is 3.81. The van der Waals surface area contributed by atoms with E-state index in [1.165, 1.54) is 0 Å². The standard InChI is InChI=1S/C23H25N3O3/c1-15-7-5-6-10-18(15)19-14-21(29-26-19)23(28)25-20(22(27)24-17-11-12-17)13-16-8-3-2-4-9-16/h2-10,17,20-21H,11-14H2,1H3,(H,24,27)(H,25,28)/t20-,21+/m0/s1. The minimum Gasteiger partial charge on any atom is -0.382 e. The van der Waals surface area contributed by atoms with Crippen LogP contribution in [0.3, 0.4) is 0 Å². The Morgan fingerprint density at radius 2 is 1.83 bits per heavy atom. The van der Waals surface area contributed by atoms with Crippen molar-refractivity contribution in [1.82, 2.24) is 10.6 Å². The lowest BCUT2D eigenvalue weighted by molar-refractivity contribution is -0.135. The molecule has 1 fully saturated rings. The highest BCUT2D eigenvalue weighted by atomic mass is 16.6. The Balaban J connectivity index is 1.41. The maximum atomic E-state index is 12.8. The smallest absolute Gasteiger partial charge is 0.265 e. The fraction of sp³-hybridized carbons (Fsp3) is 0.348. The normalized spacial score (nSPS) is 19.1. The summed E-state index contributed by atoms with van der Waals surface area (Å²) in [7, 11) is 0. The summed E-state index contributed by atoms with van der Waals surface area (Å²) in [6.45, 7) is 2.00. The fourth-order valence-corrected chi connectivity index (χ4v) is 3.43. The van der Waals surface area contributed by atoms with Crippen LogP contribution in [0.15, 0.2) is 59.8 Å². The van der Waals surface area contributed by atoms with Crippen LogP contribution in [0.2, 0.25) is 0 Å². The van der Waals surface area contributed by atoms with Gasteiger partial charge in [0, 0.05) is 24.4 Å². The van der Waals surface area contributed by atoms with Gasteiger partial charge in [0.15, 0.2) is 0 Å². The summed E-state index contributed by atoms with van der Waals surface area (Å²) in [5, 5.41) is 9.99. The molecular weight excluding hydrogens is 366 g/mol. The molecule has 29 heavy (non-hydrogen) atoms. The Bertz CT molecular complexity index is 922. The number of carbonyl (C=O) groups is 2. The van der Waals surface area contributed by atoms with Crippen molar-refractivity contribution in [3.63, 3.8) is 0 Å². The molecule has 0 saturated heterocycles. The third-order valence-electron chi connectivity index (χ3n) is 5.26. The van der Waals surface area contributed by atoms with Crippen LogP contribution in [-0.4, -0.2) is 35.7 Å². The number of hydrogen-bond acceptors (Lipinski definition) is 4. The number of oxime groups is 1. The van der Waals surface area contributed by atoms with Crippen LogP contribution in [0, 0.1) is 6.92 Å². The number of carbonyl (C=O) groups excluding carboxylic acids is 2. The maximum Gasteiger partial charge on any atom is 0.265 e. The lowest BCUT2D eigenvalue weighted by Gasteiger charge is -2.20. The summed E-state index contributed by atoms with van der Waals surface area (Å²) in [6.07, 6.45) is 2.09. The van der Waals surface area contributed by atoms with Crippen molar-refractivity contribution < 1.29 is 14.4 Å². The maximum absolute atomic E-state index is 12.8. The number of rotatable bonds is 7. The topological polar surface area (TPSA) is 79.8 Å². The second-order valence-electron chi connectivity index (χ2n) is 7.68. The van der Waals surface area contributed by atoms with Crippen LogP contribution in [-0.2, 0) is 20.8 Å². The van der Waals surface area contributed by atoms with E-state index in [0.717, 1.165) is 35.2 Å². The largest absolute Gasteiger partial charge is 0.382 e. The van der Waals surface area contributed by atoms with Gasteiger partial charge in [0.1, 0.15) is 6.04 Å². The van der Waals surface area contributed by atoms with Crippen molar-refractivity contribution in [2.75, 3.05) is 0 Å². The van der Waals surface area contributed by atoms with Gasteiger partial charge in [-0.15, -0.1) is 0 Å². The van der Waals surface area contributed by atoms with Crippen LogP contribution >= 0.6 is 0 Å². The van der Waals surface area contributed by atoms with Crippen LogP contribution < -0.4 is 10.6 Å². The average Bonchev–Trinajstić information content (AvgIpc) is 3.40. The Labute approximate surface area is 170 Å². The number of nitrogens with one attached hydrogen (secondary N) is 2. The van der Waals surface area contributed by atoms with Crippen LogP contribution in [0.5, 0.6) is 0 Å². The van der Waals surface area contributed by atoms with Gasteiger partial charge in [-0.05, 0) is 30.9 Å². The molecule has 1 aliphatic carbocycles. The molecule has 0 unspecified atom stereocenters. The molecule has 0 aromatic heterocycles. The Morgan fingerprint density at radius 1 is 1.10 bits per heavy atom. The second kappa shape index (κ2) is 8.47. The van der Waals surface area contributed by atoms with Gasteiger partial charge in [-0.25, -0.2) is 0 Å². The predicted molar refractivity (Wildman–Crippen MR) is 110 cm³/mol. The monoisotopic (exact) mass is 391 g/mol. The first-order valence-corrected chi connectivity index (χ1v) is 10.0. The zero-order chi connectivity index (χ0) is 20.2. The highest BCUT2D eigenvalue weighted by Gasteiger charge is 2.34. The van der Waals surface area contributed by atoms with E-state index in [0.29, 0.717) is 12.8 Å². The van der Waals surface area contributed by atoms with Gasteiger partial charge in [-0.3, -0.25) is 9.59 Å². The summed E-state index contributed by atoms with van der Waals surface area (Å²) < 4.78 is 0. The molecule has 0 radical (unpaired) electrons. The van der Waals surface area contributed by atoms with Crippen LogP contribution in [0.1, 0.15) is 36.0 Å². The molecule has 1 saturated carbocycles. The van der Waals surface area contributed by atoms with Gasteiger partial charge >= 0.3 is 0 Å². The van der Waals surface area contributed by atoms with E-state index in [-0.39, 0.29) is 17.9 Å². The van der Waals surface area contributed by atoms with E-state index < -0.39 is 12.1 Å². The zero-order valence-electron chi connectivity index (χ0n) is 16.4. The molecule has 0 bridgehead atoms. The van der Waals surface area contributed by atoms with Gasteiger partial charge in [0.2, 0.25) is 12.0 Å². The van der Waals surface area contributed by atoms with Gasteiger partial charge in [-0.2, -0.15) is 0 Å². The molecule has 0 spiro atoms. The van der Waals surface area contributed by atoms with E-state index >= 15 is 0 Å². The number of hydrogen-bond donors (Lipinski definition) is 2. The van der Waals surface area contributed by atoms with Crippen LogP contribution in [0.4, 0.5) is 0 Å². The van der Waals surface area contributed by atoms with E-state index in [9.17, 15) is 9.59 Å².